The summed E-state index contributed by atoms with van der Waals surface area (Å²) in [4.78, 5) is 24.0. The summed E-state index contributed by atoms with van der Waals surface area (Å²) in [7, 11) is -3.85. The molecule has 160 valence electrons. The molecule has 0 spiro atoms. The molecule has 2 aromatic carbocycles. The van der Waals surface area contributed by atoms with E-state index in [2.05, 4.69) is 0 Å². The van der Waals surface area contributed by atoms with Gasteiger partial charge in [0.2, 0.25) is 0 Å². The number of nitro groups is 1. The van der Waals surface area contributed by atoms with E-state index >= 15 is 0 Å². The number of likely N-dealkylation sites (tertiary alicyclic amines) is 1. The second-order valence-electron chi connectivity index (χ2n) is 7.03. The normalized spacial score (nSPS) is 15.0. The number of amides is 1. The van der Waals surface area contributed by atoms with Gasteiger partial charge in [-0.15, -0.1) is 0 Å². The summed E-state index contributed by atoms with van der Waals surface area (Å²) in [6.07, 6.45) is -0.279. The molecule has 10 heteroatoms. The lowest BCUT2D eigenvalue weighted by molar-refractivity contribution is -0.384. The molecule has 3 rings (SSSR count). The Hall–Kier alpha value is -2.98. The quantitative estimate of drug-likeness (QED) is 0.388. The summed E-state index contributed by atoms with van der Waals surface area (Å²) >= 11 is 0. The van der Waals surface area contributed by atoms with Crippen LogP contribution in [-0.2, 0) is 25.6 Å². The Morgan fingerprint density at radius 2 is 1.70 bits per heavy atom. The van der Waals surface area contributed by atoms with Crippen molar-refractivity contribution in [1.82, 2.24) is 4.90 Å². The van der Waals surface area contributed by atoms with E-state index < -0.39 is 27.2 Å². The lowest BCUT2D eigenvalue weighted by Gasteiger charge is -2.30. The minimum absolute atomic E-state index is 0.00490. The fraction of sp³-hybridized carbons (Fsp3) is 0.350. The first-order chi connectivity index (χ1) is 14.2. The van der Waals surface area contributed by atoms with Crippen LogP contribution in [-0.4, -0.2) is 43.5 Å². The molecule has 1 fully saturated rings. The number of rotatable bonds is 6. The van der Waals surface area contributed by atoms with Gasteiger partial charge in [-0.2, -0.15) is 8.42 Å². The van der Waals surface area contributed by atoms with Gasteiger partial charge in [0.15, 0.2) is 0 Å². The first-order valence-electron chi connectivity index (χ1n) is 9.39. The van der Waals surface area contributed by atoms with Crippen molar-refractivity contribution in [3.05, 3.63) is 69.8 Å². The number of non-ortho nitro benzene ring substituents is 1. The van der Waals surface area contributed by atoms with Crippen LogP contribution in [0, 0.1) is 17.0 Å². The Balaban J connectivity index is 1.47. The van der Waals surface area contributed by atoms with E-state index in [4.69, 9.17) is 8.92 Å². The number of hydrogen-bond acceptors (Lipinski definition) is 7. The van der Waals surface area contributed by atoms with Gasteiger partial charge in [-0.05, 0) is 49.6 Å². The number of aryl methyl sites for hydroxylation is 1. The highest BCUT2D eigenvalue weighted by atomic mass is 32.2. The molecule has 0 unspecified atom stereocenters. The third-order valence-electron chi connectivity index (χ3n) is 4.78. The van der Waals surface area contributed by atoms with E-state index in [0.29, 0.717) is 31.5 Å². The fourth-order valence-corrected chi connectivity index (χ4v) is 4.16. The van der Waals surface area contributed by atoms with Gasteiger partial charge in [0.05, 0.1) is 15.9 Å². The lowest BCUT2D eigenvalue weighted by atomic mass is 10.1. The van der Waals surface area contributed by atoms with Gasteiger partial charge < -0.3 is 9.64 Å². The predicted molar refractivity (Wildman–Crippen MR) is 107 cm³/mol. The van der Waals surface area contributed by atoms with Crippen molar-refractivity contribution in [2.45, 2.75) is 37.4 Å². The maximum atomic E-state index is 12.4. The lowest BCUT2D eigenvalue weighted by Crippen LogP contribution is -2.41. The maximum absolute atomic E-state index is 12.4. The minimum Gasteiger partial charge on any atom is -0.445 e. The number of nitro benzene ring substituents is 1. The molecule has 1 aliphatic heterocycles. The fourth-order valence-electron chi connectivity index (χ4n) is 3.02. The van der Waals surface area contributed by atoms with Crippen LogP contribution in [0.3, 0.4) is 0 Å². The van der Waals surface area contributed by atoms with Gasteiger partial charge in [-0.1, -0.05) is 17.7 Å². The summed E-state index contributed by atoms with van der Waals surface area (Å²) in [6, 6.07) is 12.2. The Morgan fingerprint density at radius 3 is 2.27 bits per heavy atom. The first-order valence-corrected chi connectivity index (χ1v) is 10.8. The molecule has 0 saturated carbocycles. The first kappa shape index (κ1) is 21.7. The van der Waals surface area contributed by atoms with Gasteiger partial charge in [0, 0.05) is 25.2 Å². The van der Waals surface area contributed by atoms with Crippen molar-refractivity contribution in [3.8, 4) is 0 Å². The minimum atomic E-state index is -3.85. The molecule has 0 atom stereocenters. The standard InChI is InChI=1S/C20H22N2O7S/c1-15-2-8-19(9-3-15)30(26,27)29-18-10-12-21(13-11-18)20(23)28-14-16-4-6-17(7-5-16)22(24)25/h2-9,18H,10-14H2,1H3. The van der Waals surface area contributed by atoms with Crippen molar-refractivity contribution in [2.24, 2.45) is 0 Å². The van der Waals surface area contributed by atoms with E-state index in [1.807, 2.05) is 6.92 Å². The topological polar surface area (TPSA) is 116 Å². The van der Waals surface area contributed by atoms with Crippen LogP contribution < -0.4 is 0 Å². The molecule has 1 heterocycles. The van der Waals surface area contributed by atoms with Crippen LogP contribution in [0.15, 0.2) is 53.4 Å². The highest BCUT2D eigenvalue weighted by Gasteiger charge is 2.28. The monoisotopic (exact) mass is 434 g/mol. The van der Waals surface area contributed by atoms with Gasteiger partial charge >= 0.3 is 6.09 Å². The number of nitrogens with zero attached hydrogens (tertiary/aromatic N) is 2. The molecule has 9 nitrogen and oxygen atoms in total. The van der Waals surface area contributed by atoms with Gasteiger partial charge in [0.1, 0.15) is 6.61 Å². The smallest absolute Gasteiger partial charge is 0.410 e. The maximum Gasteiger partial charge on any atom is 0.410 e. The second-order valence-corrected chi connectivity index (χ2v) is 8.60. The van der Waals surface area contributed by atoms with Crippen molar-refractivity contribution in [2.75, 3.05) is 13.1 Å². The second kappa shape index (κ2) is 9.23. The van der Waals surface area contributed by atoms with E-state index in [0.717, 1.165) is 5.56 Å². The SMILES string of the molecule is Cc1ccc(S(=O)(=O)OC2CCN(C(=O)OCc3ccc([N+](=O)[O-])cc3)CC2)cc1. The average molecular weight is 434 g/mol. The van der Waals surface area contributed by atoms with Crippen LogP contribution in [0.4, 0.5) is 10.5 Å². The molecule has 30 heavy (non-hydrogen) atoms. The number of benzene rings is 2. The number of hydrogen-bond donors (Lipinski definition) is 0. The van der Waals surface area contributed by atoms with Crippen LogP contribution in [0.25, 0.3) is 0 Å². The summed E-state index contributed by atoms with van der Waals surface area (Å²) in [5, 5.41) is 10.7. The molecule has 1 saturated heterocycles. The number of carbonyl (C=O) groups excluding carboxylic acids is 1. The summed E-state index contributed by atoms with van der Waals surface area (Å²) in [6.45, 7) is 2.49. The molecule has 1 aliphatic rings. The molecule has 0 bridgehead atoms. The predicted octanol–water partition coefficient (Wildman–Crippen LogP) is 3.41. The van der Waals surface area contributed by atoms with Crippen LogP contribution >= 0.6 is 0 Å². The molecule has 0 aromatic heterocycles. The molecule has 0 aliphatic carbocycles. The van der Waals surface area contributed by atoms with E-state index in [1.165, 1.54) is 41.3 Å². The number of carbonyl (C=O) groups is 1. The highest BCUT2D eigenvalue weighted by Crippen LogP contribution is 2.21. The summed E-state index contributed by atoms with van der Waals surface area (Å²) in [5.41, 5.74) is 1.55. The van der Waals surface area contributed by atoms with E-state index in [-0.39, 0.29) is 17.2 Å². The summed E-state index contributed by atoms with van der Waals surface area (Å²) in [5.74, 6) is 0. The molecule has 2 aromatic rings. The molecular weight excluding hydrogens is 412 g/mol. The Labute approximate surface area is 174 Å². The Bertz CT molecular complexity index is 996. The zero-order valence-electron chi connectivity index (χ0n) is 16.4. The van der Waals surface area contributed by atoms with Crippen molar-refractivity contribution in [3.63, 3.8) is 0 Å². The Kier molecular flexibility index (Phi) is 6.68. The van der Waals surface area contributed by atoms with Crippen LogP contribution in [0.1, 0.15) is 24.0 Å². The van der Waals surface area contributed by atoms with E-state index in [1.54, 1.807) is 12.1 Å². The molecule has 1 amide bonds. The molecule has 0 N–H and O–H groups in total. The molecular formula is C20H22N2O7S. The highest BCUT2D eigenvalue weighted by molar-refractivity contribution is 7.86. The van der Waals surface area contributed by atoms with E-state index in [9.17, 15) is 23.3 Å². The van der Waals surface area contributed by atoms with Crippen LogP contribution in [0.5, 0.6) is 0 Å². The largest absolute Gasteiger partial charge is 0.445 e. The van der Waals surface area contributed by atoms with Gasteiger partial charge in [-0.25, -0.2) is 4.79 Å². The van der Waals surface area contributed by atoms with Crippen molar-refractivity contribution in [1.29, 1.82) is 0 Å². The van der Waals surface area contributed by atoms with Gasteiger partial charge in [-0.3, -0.25) is 14.3 Å². The zero-order valence-corrected chi connectivity index (χ0v) is 17.2. The van der Waals surface area contributed by atoms with Gasteiger partial charge in [0.25, 0.3) is 15.8 Å². The third-order valence-corrected chi connectivity index (χ3v) is 6.16. The number of ether oxygens (including phenoxy) is 1. The average Bonchev–Trinajstić information content (AvgIpc) is 2.73. The number of piperidine rings is 1. The van der Waals surface area contributed by atoms with Crippen molar-refractivity contribution >= 4 is 21.9 Å². The summed E-state index contributed by atoms with van der Waals surface area (Å²) < 4.78 is 35.3. The van der Waals surface area contributed by atoms with Crippen molar-refractivity contribution < 1.29 is 27.1 Å². The van der Waals surface area contributed by atoms with Crippen LogP contribution in [0.2, 0.25) is 0 Å². The molecule has 0 radical (unpaired) electrons. The third kappa shape index (κ3) is 5.55. The Morgan fingerprint density at radius 1 is 1.10 bits per heavy atom. The zero-order chi connectivity index (χ0) is 21.7.